The Morgan fingerprint density at radius 3 is 2.96 bits per heavy atom. The Morgan fingerprint density at radius 2 is 2.17 bits per heavy atom. The first kappa shape index (κ1) is 16.3. The predicted molar refractivity (Wildman–Crippen MR) is 94.6 cm³/mol. The van der Waals surface area contributed by atoms with Gasteiger partial charge in [0.1, 0.15) is 24.7 Å². The highest BCUT2D eigenvalue weighted by molar-refractivity contribution is 9.10. The lowest BCUT2D eigenvalue weighted by atomic mass is 9.99. The summed E-state index contributed by atoms with van der Waals surface area (Å²) in [6.07, 6.45) is 4.60. The Morgan fingerprint density at radius 1 is 1.35 bits per heavy atom. The third-order valence-electron chi connectivity index (χ3n) is 3.84. The summed E-state index contributed by atoms with van der Waals surface area (Å²) < 4.78 is 12.6. The van der Waals surface area contributed by atoms with Gasteiger partial charge in [-0.05, 0) is 46.0 Å². The average molecular weight is 377 g/mol. The second-order valence-corrected chi connectivity index (χ2v) is 7.16. The molecule has 2 aromatic rings. The molecule has 2 N–H and O–H groups in total. The third-order valence-corrected chi connectivity index (χ3v) is 4.46. The number of pyridine rings is 1. The van der Waals surface area contributed by atoms with Crippen LogP contribution in [0.2, 0.25) is 0 Å². The Labute approximate surface area is 145 Å². The van der Waals surface area contributed by atoms with Crippen molar-refractivity contribution >= 4 is 15.9 Å². The van der Waals surface area contributed by atoms with E-state index in [0.29, 0.717) is 19.1 Å². The summed E-state index contributed by atoms with van der Waals surface area (Å²) in [5, 5.41) is 0. The third kappa shape index (κ3) is 3.67. The lowest BCUT2D eigenvalue weighted by molar-refractivity contribution is 0.264. The average Bonchev–Trinajstić information content (AvgIpc) is 2.52. The van der Waals surface area contributed by atoms with Crippen LogP contribution in [0.4, 0.5) is 0 Å². The molecule has 1 aliphatic rings. The van der Waals surface area contributed by atoms with Crippen molar-refractivity contribution in [2.45, 2.75) is 32.9 Å². The van der Waals surface area contributed by atoms with Crippen molar-refractivity contribution in [3.8, 4) is 22.6 Å². The molecule has 4 nitrogen and oxygen atoms in total. The molecule has 1 aromatic heterocycles. The first-order valence-corrected chi connectivity index (χ1v) is 8.62. The summed E-state index contributed by atoms with van der Waals surface area (Å²) in [5.41, 5.74) is 9.40. The van der Waals surface area contributed by atoms with Gasteiger partial charge in [-0.15, -0.1) is 0 Å². The molecule has 23 heavy (non-hydrogen) atoms. The van der Waals surface area contributed by atoms with Crippen molar-refractivity contribution in [1.29, 1.82) is 0 Å². The van der Waals surface area contributed by atoms with E-state index in [1.807, 2.05) is 24.4 Å². The standard InChI is InChI=1S/C18H21BrN2O2/c1-11(2)5-13(20)10-23-18-7-17-15(6-16(18)19)14-3-4-21-8-12(14)9-22-17/h3-4,6-8,11,13H,5,9-10,20H2,1-2H3/t13-/m0/s1. The Bertz CT molecular complexity index is 703. The molecule has 0 saturated heterocycles. The molecule has 0 saturated carbocycles. The number of fused-ring (bicyclic) bond motifs is 3. The lowest BCUT2D eigenvalue weighted by Gasteiger charge is -2.22. The molecule has 0 amide bonds. The van der Waals surface area contributed by atoms with Crippen LogP contribution in [-0.2, 0) is 6.61 Å². The number of halogens is 1. The zero-order chi connectivity index (χ0) is 16.4. The van der Waals surface area contributed by atoms with Crippen LogP contribution in [0, 0.1) is 5.92 Å². The van der Waals surface area contributed by atoms with Gasteiger partial charge in [-0.3, -0.25) is 4.98 Å². The molecular weight excluding hydrogens is 356 g/mol. The highest BCUT2D eigenvalue weighted by Crippen LogP contribution is 2.42. The summed E-state index contributed by atoms with van der Waals surface area (Å²) >= 11 is 3.59. The van der Waals surface area contributed by atoms with Gasteiger partial charge in [0.2, 0.25) is 0 Å². The number of hydrogen-bond donors (Lipinski definition) is 1. The van der Waals surface area contributed by atoms with Gasteiger partial charge in [0.05, 0.1) is 4.47 Å². The summed E-state index contributed by atoms with van der Waals surface area (Å²) in [7, 11) is 0. The van der Waals surface area contributed by atoms with Gasteiger partial charge in [0.25, 0.3) is 0 Å². The summed E-state index contributed by atoms with van der Waals surface area (Å²) in [4.78, 5) is 4.15. The van der Waals surface area contributed by atoms with Crippen LogP contribution in [-0.4, -0.2) is 17.6 Å². The van der Waals surface area contributed by atoms with Crippen LogP contribution in [0.1, 0.15) is 25.8 Å². The SMILES string of the molecule is CC(C)C[C@H](N)COc1cc2c(cc1Br)-c1ccncc1CO2. The van der Waals surface area contributed by atoms with Crippen molar-refractivity contribution < 1.29 is 9.47 Å². The second kappa shape index (κ2) is 6.89. The van der Waals surface area contributed by atoms with E-state index in [4.69, 9.17) is 15.2 Å². The minimum atomic E-state index is 0.0330. The molecule has 0 unspecified atom stereocenters. The monoisotopic (exact) mass is 376 g/mol. The number of benzene rings is 1. The predicted octanol–water partition coefficient (Wildman–Crippen LogP) is 4.16. The Kier molecular flexibility index (Phi) is 4.87. The zero-order valence-electron chi connectivity index (χ0n) is 13.4. The zero-order valence-corrected chi connectivity index (χ0v) is 15.0. The number of ether oxygens (including phenoxy) is 2. The fourth-order valence-electron chi connectivity index (χ4n) is 2.81. The van der Waals surface area contributed by atoms with E-state index in [1.165, 1.54) is 0 Å². The van der Waals surface area contributed by atoms with Gasteiger partial charge < -0.3 is 15.2 Å². The van der Waals surface area contributed by atoms with Gasteiger partial charge in [-0.1, -0.05) is 13.8 Å². The fourth-order valence-corrected chi connectivity index (χ4v) is 3.26. The van der Waals surface area contributed by atoms with E-state index in [2.05, 4.69) is 34.8 Å². The van der Waals surface area contributed by atoms with Crippen LogP contribution < -0.4 is 15.2 Å². The van der Waals surface area contributed by atoms with E-state index >= 15 is 0 Å². The van der Waals surface area contributed by atoms with Gasteiger partial charge in [0.15, 0.2) is 0 Å². The largest absolute Gasteiger partial charge is 0.491 e. The molecule has 3 rings (SSSR count). The molecule has 1 atom stereocenters. The van der Waals surface area contributed by atoms with Crippen molar-refractivity contribution in [2.75, 3.05) is 6.61 Å². The molecule has 1 aliphatic heterocycles. The van der Waals surface area contributed by atoms with Crippen molar-refractivity contribution in [3.63, 3.8) is 0 Å². The molecule has 1 aromatic carbocycles. The molecule has 0 fully saturated rings. The summed E-state index contributed by atoms with van der Waals surface area (Å²) in [6.45, 7) is 5.35. The van der Waals surface area contributed by atoms with E-state index in [0.717, 1.165) is 39.1 Å². The fraction of sp³-hybridized carbons (Fsp3) is 0.389. The molecule has 5 heteroatoms. The normalized spacial score (nSPS) is 14.0. The van der Waals surface area contributed by atoms with Gasteiger partial charge in [-0.2, -0.15) is 0 Å². The molecule has 0 aliphatic carbocycles. The maximum absolute atomic E-state index is 6.10. The molecule has 0 bridgehead atoms. The van der Waals surface area contributed by atoms with Crippen LogP contribution in [0.3, 0.4) is 0 Å². The minimum Gasteiger partial charge on any atom is -0.491 e. The van der Waals surface area contributed by atoms with Crippen LogP contribution in [0.5, 0.6) is 11.5 Å². The Balaban J connectivity index is 1.81. The first-order valence-electron chi connectivity index (χ1n) is 7.82. The maximum Gasteiger partial charge on any atom is 0.137 e. The summed E-state index contributed by atoms with van der Waals surface area (Å²) in [5.74, 6) is 2.16. The number of aromatic nitrogens is 1. The second-order valence-electron chi connectivity index (χ2n) is 6.30. The topological polar surface area (TPSA) is 57.4 Å². The number of hydrogen-bond acceptors (Lipinski definition) is 4. The number of nitrogens with two attached hydrogens (primary N) is 1. The number of nitrogens with zero attached hydrogens (tertiary/aromatic N) is 1. The number of rotatable bonds is 5. The maximum atomic E-state index is 6.10. The molecule has 2 heterocycles. The van der Waals surface area contributed by atoms with Crippen LogP contribution in [0.15, 0.2) is 35.1 Å². The minimum absolute atomic E-state index is 0.0330. The van der Waals surface area contributed by atoms with Gasteiger partial charge >= 0.3 is 0 Å². The molecular formula is C18H21BrN2O2. The van der Waals surface area contributed by atoms with Crippen molar-refractivity contribution in [3.05, 3.63) is 40.6 Å². The smallest absolute Gasteiger partial charge is 0.137 e. The quantitative estimate of drug-likeness (QED) is 0.850. The molecule has 0 radical (unpaired) electrons. The van der Waals surface area contributed by atoms with E-state index in [-0.39, 0.29) is 6.04 Å². The molecule has 122 valence electrons. The highest BCUT2D eigenvalue weighted by Gasteiger charge is 2.20. The van der Waals surface area contributed by atoms with Crippen molar-refractivity contribution in [1.82, 2.24) is 4.98 Å². The highest BCUT2D eigenvalue weighted by atomic mass is 79.9. The van der Waals surface area contributed by atoms with Crippen LogP contribution in [0.25, 0.3) is 11.1 Å². The lowest BCUT2D eigenvalue weighted by Crippen LogP contribution is -2.29. The van der Waals surface area contributed by atoms with E-state index in [1.54, 1.807) is 6.20 Å². The first-order chi connectivity index (χ1) is 11.0. The van der Waals surface area contributed by atoms with E-state index < -0.39 is 0 Å². The summed E-state index contributed by atoms with van der Waals surface area (Å²) in [6, 6.07) is 6.02. The van der Waals surface area contributed by atoms with Crippen molar-refractivity contribution in [2.24, 2.45) is 11.7 Å². The van der Waals surface area contributed by atoms with E-state index in [9.17, 15) is 0 Å². The van der Waals surface area contributed by atoms with Crippen LogP contribution >= 0.6 is 15.9 Å². The molecule has 0 spiro atoms. The van der Waals surface area contributed by atoms with Gasteiger partial charge in [-0.25, -0.2) is 0 Å². The Hall–Kier alpha value is -1.59. The van der Waals surface area contributed by atoms with Gasteiger partial charge in [0, 0.05) is 35.6 Å².